The Balaban J connectivity index is 1.39. The topological polar surface area (TPSA) is 67.8 Å². The maximum absolute atomic E-state index is 12.9. The van der Waals surface area contributed by atoms with Crippen LogP contribution in [0.5, 0.6) is 0 Å². The van der Waals surface area contributed by atoms with Crippen LogP contribution in [0.2, 0.25) is 0 Å². The molecule has 0 bridgehead atoms. The molecule has 30 heavy (non-hydrogen) atoms. The molecule has 0 radical (unpaired) electrons. The normalized spacial score (nSPS) is 18.6. The Morgan fingerprint density at radius 2 is 1.70 bits per heavy atom. The standard InChI is InChI=1S/C25H16N4O/c30-24-25(21-5-3-11-27-23(21)29-24)14-17-12-16-6-7-20(28-22(16)13-18(17)15-25)9-8-19-4-1-2-10-26-19/h1-7,10-13H,14-15H2,(H,27,29,30). The van der Waals surface area contributed by atoms with Crippen LogP contribution in [0.1, 0.15) is 28.1 Å². The summed E-state index contributed by atoms with van der Waals surface area (Å²) in [5, 5.41) is 4.01. The van der Waals surface area contributed by atoms with Gasteiger partial charge in [0.25, 0.3) is 0 Å². The first kappa shape index (κ1) is 16.9. The van der Waals surface area contributed by atoms with E-state index in [1.165, 1.54) is 5.56 Å². The SMILES string of the molecule is O=C1Nc2ncccc2C12Cc1cc3ccc(C#Cc4ccccn4)nc3cc1C2. The number of aromatic nitrogens is 3. The van der Waals surface area contributed by atoms with Gasteiger partial charge < -0.3 is 5.32 Å². The van der Waals surface area contributed by atoms with Gasteiger partial charge in [-0.15, -0.1) is 0 Å². The molecule has 142 valence electrons. The molecule has 3 aromatic heterocycles. The van der Waals surface area contributed by atoms with E-state index in [4.69, 9.17) is 4.98 Å². The number of nitrogens with zero attached hydrogens (tertiary/aromatic N) is 3. The highest BCUT2D eigenvalue weighted by molar-refractivity contribution is 6.06. The summed E-state index contributed by atoms with van der Waals surface area (Å²) in [4.78, 5) is 26.2. The minimum Gasteiger partial charge on any atom is -0.310 e. The Morgan fingerprint density at radius 3 is 2.57 bits per heavy atom. The van der Waals surface area contributed by atoms with Crippen molar-refractivity contribution in [1.82, 2.24) is 15.0 Å². The largest absolute Gasteiger partial charge is 0.310 e. The number of fused-ring (bicyclic) bond motifs is 4. The molecule has 5 nitrogen and oxygen atoms in total. The lowest BCUT2D eigenvalue weighted by molar-refractivity contribution is -0.120. The van der Waals surface area contributed by atoms with Crippen molar-refractivity contribution in [2.75, 3.05) is 5.32 Å². The van der Waals surface area contributed by atoms with Crippen LogP contribution in [-0.2, 0) is 23.1 Å². The number of rotatable bonds is 0. The van der Waals surface area contributed by atoms with E-state index < -0.39 is 5.41 Å². The maximum atomic E-state index is 12.9. The van der Waals surface area contributed by atoms with Crippen molar-refractivity contribution in [3.63, 3.8) is 0 Å². The number of hydrogen-bond donors (Lipinski definition) is 1. The van der Waals surface area contributed by atoms with E-state index in [9.17, 15) is 4.79 Å². The van der Waals surface area contributed by atoms with Gasteiger partial charge in [0, 0.05) is 23.3 Å². The second-order valence-corrected chi connectivity index (χ2v) is 7.76. The molecule has 2 aliphatic rings. The molecule has 1 unspecified atom stereocenters. The van der Waals surface area contributed by atoms with Crippen LogP contribution in [0, 0.1) is 11.8 Å². The lowest BCUT2D eigenvalue weighted by Gasteiger charge is -2.20. The first-order valence-electron chi connectivity index (χ1n) is 9.84. The predicted octanol–water partition coefficient (Wildman–Crippen LogP) is 3.41. The van der Waals surface area contributed by atoms with Gasteiger partial charge in [-0.2, -0.15) is 0 Å². The Bertz CT molecular complexity index is 1400. The third-order valence-electron chi connectivity index (χ3n) is 5.97. The van der Waals surface area contributed by atoms with Gasteiger partial charge >= 0.3 is 0 Å². The van der Waals surface area contributed by atoms with Crippen LogP contribution in [-0.4, -0.2) is 20.9 Å². The monoisotopic (exact) mass is 388 g/mol. The number of anilines is 1. The maximum Gasteiger partial charge on any atom is 0.237 e. The summed E-state index contributed by atoms with van der Waals surface area (Å²) in [7, 11) is 0. The van der Waals surface area contributed by atoms with E-state index >= 15 is 0 Å². The highest BCUT2D eigenvalue weighted by atomic mass is 16.2. The molecule has 1 spiro atoms. The number of carbonyl (C=O) groups is 1. The molecule has 4 heterocycles. The first-order valence-corrected chi connectivity index (χ1v) is 9.84. The van der Waals surface area contributed by atoms with Crippen LogP contribution in [0.25, 0.3) is 10.9 Å². The first-order chi connectivity index (χ1) is 14.7. The van der Waals surface area contributed by atoms with Gasteiger partial charge in [0.1, 0.15) is 17.2 Å². The van der Waals surface area contributed by atoms with E-state index in [0.29, 0.717) is 24.4 Å². The predicted molar refractivity (Wildman–Crippen MR) is 114 cm³/mol. The van der Waals surface area contributed by atoms with Crippen LogP contribution >= 0.6 is 0 Å². The summed E-state index contributed by atoms with van der Waals surface area (Å²) in [5.74, 6) is 6.86. The van der Waals surface area contributed by atoms with Crippen LogP contribution in [0.15, 0.2) is 67.0 Å². The molecule has 5 heteroatoms. The Labute approximate surface area is 173 Å². The fourth-order valence-corrected chi connectivity index (χ4v) is 4.53. The molecule has 1 aliphatic carbocycles. The summed E-state index contributed by atoms with van der Waals surface area (Å²) in [6, 6.07) is 17.8. The number of nitrogens with one attached hydrogen (secondary N) is 1. The molecular formula is C25H16N4O. The molecule has 1 atom stereocenters. The molecule has 1 N–H and O–H groups in total. The smallest absolute Gasteiger partial charge is 0.237 e. The molecule has 6 rings (SSSR count). The van der Waals surface area contributed by atoms with E-state index in [0.717, 1.165) is 27.7 Å². The van der Waals surface area contributed by atoms with Crippen molar-refractivity contribution in [1.29, 1.82) is 0 Å². The molecule has 4 aromatic rings. The van der Waals surface area contributed by atoms with Gasteiger partial charge in [-0.1, -0.05) is 12.1 Å². The van der Waals surface area contributed by atoms with Crippen molar-refractivity contribution in [3.05, 3.63) is 95.1 Å². The molecule has 0 saturated heterocycles. The van der Waals surface area contributed by atoms with Crippen molar-refractivity contribution in [2.45, 2.75) is 18.3 Å². The number of carbonyl (C=O) groups excluding carboxylic acids is 1. The average Bonchev–Trinajstić information content (AvgIpc) is 3.28. The van der Waals surface area contributed by atoms with Crippen molar-refractivity contribution in [2.24, 2.45) is 0 Å². The van der Waals surface area contributed by atoms with Gasteiger partial charge in [0.2, 0.25) is 5.91 Å². The van der Waals surface area contributed by atoms with Crippen LogP contribution < -0.4 is 5.32 Å². The van der Waals surface area contributed by atoms with Crippen molar-refractivity contribution in [3.8, 4) is 11.8 Å². The molecule has 1 aliphatic heterocycles. The van der Waals surface area contributed by atoms with Crippen LogP contribution in [0.3, 0.4) is 0 Å². The summed E-state index contributed by atoms with van der Waals surface area (Å²) in [6.07, 6.45) is 4.79. The number of benzene rings is 1. The highest BCUT2D eigenvalue weighted by Gasteiger charge is 2.51. The third-order valence-corrected chi connectivity index (χ3v) is 5.97. The lowest BCUT2D eigenvalue weighted by Crippen LogP contribution is -2.35. The number of hydrogen-bond acceptors (Lipinski definition) is 4. The van der Waals surface area contributed by atoms with E-state index in [1.807, 2.05) is 42.5 Å². The fraction of sp³-hybridized carbons (Fsp3) is 0.120. The van der Waals surface area contributed by atoms with Gasteiger partial charge in [0.15, 0.2) is 0 Å². The van der Waals surface area contributed by atoms with Crippen molar-refractivity contribution < 1.29 is 4.79 Å². The Hall–Kier alpha value is -4.04. The fourth-order valence-electron chi connectivity index (χ4n) is 4.53. The van der Waals surface area contributed by atoms with Crippen molar-refractivity contribution >= 4 is 22.6 Å². The van der Waals surface area contributed by atoms with E-state index in [1.54, 1.807) is 12.4 Å². The molecule has 1 amide bonds. The van der Waals surface area contributed by atoms with E-state index in [2.05, 4.69) is 39.3 Å². The van der Waals surface area contributed by atoms with Crippen LogP contribution in [0.4, 0.5) is 5.82 Å². The van der Waals surface area contributed by atoms with Gasteiger partial charge in [-0.05, 0) is 78.3 Å². The quantitative estimate of drug-likeness (QED) is 0.469. The summed E-state index contributed by atoms with van der Waals surface area (Å²) in [5.41, 5.74) is 5.10. The highest BCUT2D eigenvalue weighted by Crippen LogP contribution is 2.47. The molecule has 0 saturated carbocycles. The summed E-state index contributed by atoms with van der Waals surface area (Å²) >= 11 is 0. The van der Waals surface area contributed by atoms with Gasteiger partial charge in [-0.25, -0.2) is 15.0 Å². The van der Waals surface area contributed by atoms with E-state index in [-0.39, 0.29) is 5.91 Å². The second kappa shape index (κ2) is 6.23. The number of pyridine rings is 3. The summed E-state index contributed by atoms with van der Waals surface area (Å²) in [6.45, 7) is 0. The number of amides is 1. The van der Waals surface area contributed by atoms with Gasteiger partial charge in [0.05, 0.1) is 10.9 Å². The third kappa shape index (κ3) is 2.51. The molecular weight excluding hydrogens is 372 g/mol. The Morgan fingerprint density at radius 1 is 0.867 bits per heavy atom. The zero-order chi connectivity index (χ0) is 20.1. The second-order valence-electron chi connectivity index (χ2n) is 7.76. The minimum atomic E-state index is -0.565. The molecule has 0 fully saturated rings. The minimum absolute atomic E-state index is 0.0336. The zero-order valence-corrected chi connectivity index (χ0v) is 16.0. The van der Waals surface area contributed by atoms with Gasteiger partial charge in [-0.3, -0.25) is 4.79 Å². The average molecular weight is 388 g/mol. The summed E-state index contributed by atoms with van der Waals surface area (Å²) < 4.78 is 0. The molecule has 1 aromatic carbocycles. The zero-order valence-electron chi connectivity index (χ0n) is 16.0. The lowest BCUT2D eigenvalue weighted by atomic mass is 9.79. The Kier molecular flexibility index (Phi) is 3.50.